The van der Waals surface area contributed by atoms with Crippen LogP contribution in [-0.2, 0) is 10.0 Å². The molecule has 0 spiro atoms. The van der Waals surface area contributed by atoms with Crippen molar-refractivity contribution >= 4 is 43.2 Å². The largest absolute Gasteiger partial charge is 0.398 e. The van der Waals surface area contributed by atoms with Crippen molar-refractivity contribution in [3.8, 4) is 0 Å². The topological polar surface area (TPSA) is 72.2 Å². The van der Waals surface area contributed by atoms with Crippen molar-refractivity contribution < 1.29 is 8.42 Å². The van der Waals surface area contributed by atoms with Gasteiger partial charge in [-0.25, -0.2) is 13.1 Å². The summed E-state index contributed by atoms with van der Waals surface area (Å²) in [5.74, 6) is 1.04. The van der Waals surface area contributed by atoms with Crippen molar-refractivity contribution in [2.45, 2.75) is 32.6 Å². The van der Waals surface area contributed by atoms with Crippen molar-refractivity contribution in [3.63, 3.8) is 0 Å². The fourth-order valence-corrected chi connectivity index (χ4v) is 4.67. The van der Waals surface area contributed by atoms with Gasteiger partial charge >= 0.3 is 0 Å². The van der Waals surface area contributed by atoms with Crippen molar-refractivity contribution in [3.05, 3.63) is 21.6 Å². The molecule has 0 amide bonds. The summed E-state index contributed by atoms with van der Waals surface area (Å²) >= 11 is 9.11. The normalized spacial score (nSPS) is 12.6. The lowest BCUT2D eigenvalue weighted by Gasteiger charge is -2.25. The first-order valence-corrected chi connectivity index (χ1v) is 9.45. The minimum Gasteiger partial charge on any atom is -0.398 e. The lowest BCUT2D eigenvalue weighted by molar-refractivity contribution is 0.289. The van der Waals surface area contributed by atoms with E-state index in [2.05, 4.69) is 48.3 Å². The Morgan fingerprint density at radius 1 is 1.24 bits per heavy atom. The average Bonchev–Trinajstić information content (AvgIpc) is 2.32. The minimum absolute atomic E-state index is 0.0683. The fraction of sp³-hybridized carbons (Fsp3) is 0.571. The number of benzene rings is 1. The first-order chi connectivity index (χ1) is 9.56. The number of nitrogens with two attached hydrogens (primary N) is 1. The van der Waals surface area contributed by atoms with Crippen LogP contribution >= 0.6 is 27.5 Å². The molecule has 1 rings (SSSR count). The van der Waals surface area contributed by atoms with Crippen LogP contribution in [0.1, 0.15) is 27.7 Å². The monoisotopic (exact) mass is 396 g/mol. The number of hydrogen-bond donors (Lipinski definition) is 2. The molecule has 0 unspecified atom stereocenters. The summed E-state index contributed by atoms with van der Waals surface area (Å²) in [6.45, 7) is 8.74. The second-order valence-electron chi connectivity index (χ2n) is 5.81. The molecule has 4 nitrogen and oxygen atoms in total. The smallest absolute Gasteiger partial charge is 0.241 e. The van der Waals surface area contributed by atoms with Crippen LogP contribution in [0.5, 0.6) is 0 Å². The summed E-state index contributed by atoms with van der Waals surface area (Å²) < 4.78 is 27.9. The average molecular weight is 398 g/mol. The van der Waals surface area contributed by atoms with Gasteiger partial charge in [0.05, 0.1) is 9.37 Å². The Hall–Kier alpha value is -0.300. The third kappa shape index (κ3) is 4.84. The van der Waals surface area contributed by atoms with E-state index in [1.807, 2.05) is 0 Å². The van der Waals surface area contributed by atoms with E-state index in [9.17, 15) is 8.42 Å². The standard InChI is InChI=1S/C14H22BrClN2O2S/c1-8(2)11(9(3)4)7-18-21(19,20)13-6-10(16)5-12(17)14(13)15/h5-6,8-9,11,18H,7,17H2,1-4H3. The molecular weight excluding hydrogens is 376 g/mol. The summed E-state index contributed by atoms with van der Waals surface area (Å²) in [6.07, 6.45) is 0. The highest BCUT2D eigenvalue weighted by molar-refractivity contribution is 9.10. The zero-order valence-electron chi connectivity index (χ0n) is 12.7. The van der Waals surface area contributed by atoms with Crippen LogP contribution in [0.2, 0.25) is 5.02 Å². The van der Waals surface area contributed by atoms with E-state index >= 15 is 0 Å². The zero-order chi connectivity index (χ0) is 16.4. The first-order valence-electron chi connectivity index (χ1n) is 6.80. The number of nitrogens with one attached hydrogen (secondary N) is 1. The van der Waals surface area contributed by atoms with Crippen molar-refractivity contribution in [2.24, 2.45) is 17.8 Å². The number of anilines is 1. The molecule has 0 bridgehead atoms. The molecule has 0 aliphatic carbocycles. The predicted molar refractivity (Wildman–Crippen MR) is 91.9 cm³/mol. The van der Waals surface area contributed by atoms with E-state index in [1.165, 1.54) is 12.1 Å². The highest BCUT2D eigenvalue weighted by Crippen LogP contribution is 2.31. The van der Waals surface area contributed by atoms with E-state index in [0.717, 1.165) is 0 Å². The molecule has 21 heavy (non-hydrogen) atoms. The van der Waals surface area contributed by atoms with E-state index in [4.69, 9.17) is 17.3 Å². The molecule has 0 aliphatic rings. The Balaban J connectivity index is 3.03. The van der Waals surface area contributed by atoms with Crippen LogP contribution in [0.4, 0.5) is 5.69 Å². The molecule has 1 aromatic carbocycles. The molecule has 1 aromatic rings. The maximum atomic E-state index is 12.5. The quantitative estimate of drug-likeness (QED) is 0.715. The maximum Gasteiger partial charge on any atom is 0.241 e. The van der Waals surface area contributed by atoms with Gasteiger partial charge < -0.3 is 5.73 Å². The molecule has 0 aromatic heterocycles. The van der Waals surface area contributed by atoms with Crippen LogP contribution in [0.3, 0.4) is 0 Å². The Morgan fingerprint density at radius 2 is 1.76 bits per heavy atom. The van der Waals surface area contributed by atoms with Gasteiger partial charge in [0.15, 0.2) is 0 Å². The lowest BCUT2D eigenvalue weighted by atomic mass is 9.86. The Labute approximate surface area is 140 Å². The van der Waals surface area contributed by atoms with Crippen LogP contribution in [0.15, 0.2) is 21.5 Å². The summed E-state index contributed by atoms with van der Waals surface area (Å²) in [5.41, 5.74) is 6.05. The van der Waals surface area contributed by atoms with E-state index in [1.54, 1.807) is 0 Å². The van der Waals surface area contributed by atoms with Crippen LogP contribution in [-0.4, -0.2) is 15.0 Å². The van der Waals surface area contributed by atoms with Gasteiger partial charge in [0.2, 0.25) is 10.0 Å². The molecule has 0 aliphatic heterocycles. The number of hydrogen-bond acceptors (Lipinski definition) is 3. The molecule has 0 saturated carbocycles. The van der Waals surface area contributed by atoms with Crippen LogP contribution in [0.25, 0.3) is 0 Å². The van der Waals surface area contributed by atoms with Gasteiger partial charge in [-0.05, 0) is 45.8 Å². The van der Waals surface area contributed by atoms with Crippen molar-refractivity contribution in [2.75, 3.05) is 12.3 Å². The molecule has 0 fully saturated rings. The minimum atomic E-state index is -3.66. The van der Waals surface area contributed by atoms with E-state index < -0.39 is 10.0 Å². The van der Waals surface area contributed by atoms with Crippen molar-refractivity contribution in [1.29, 1.82) is 0 Å². The van der Waals surface area contributed by atoms with Gasteiger partial charge in [-0.1, -0.05) is 39.3 Å². The number of sulfonamides is 1. The molecular formula is C14H22BrClN2O2S. The highest BCUT2D eigenvalue weighted by atomic mass is 79.9. The molecule has 120 valence electrons. The number of rotatable bonds is 6. The SMILES string of the molecule is CC(C)C(CNS(=O)(=O)c1cc(Cl)cc(N)c1Br)C(C)C. The first kappa shape index (κ1) is 18.7. The van der Waals surface area contributed by atoms with Crippen LogP contribution < -0.4 is 10.5 Å². The summed E-state index contributed by atoms with van der Waals surface area (Å²) in [5, 5.41) is 0.292. The summed E-state index contributed by atoms with van der Waals surface area (Å²) in [4.78, 5) is 0.0683. The predicted octanol–water partition coefficient (Wildman–Crippen LogP) is 3.89. The molecule has 7 heteroatoms. The second kappa shape index (κ2) is 7.31. The van der Waals surface area contributed by atoms with E-state index in [-0.39, 0.29) is 10.8 Å². The van der Waals surface area contributed by atoms with E-state index in [0.29, 0.717) is 33.6 Å². The molecule has 0 atom stereocenters. The third-order valence-corrected chi connectivity index (χ3v) is 6.36. The third-order valence-electron chi connectivity index (χ3n) is 3.54. The van der Waals surface area contributed by atoms with Gasteiger partial charge in [0.25, 0.3) is 0 Å². The van der Waals surface area contributed by atoms with Gasteiger partial charge in [0.1, 0.15) is 0 Å². The van der Waals surface area contributed by atoms with Gasteiger partial charge in [-0.3, -0.25) is 0 Å². The number of nitrogen functional groups attached to an aromatic ring is 1. The van der Waals surface area contributed by atoms with Gasteiger partial charge in [-0.15, -0.1) is 0 Å². The molecule has 0 heterocycles. The zero-order valence-corrected chi connectivity index (χ0v) is 15.8. The molecule has 0 radical (unpaired) electrons. The van der Waals surface area contributed by atoms with Crippen LogP contribution in [0, 0.1) is 17.8 Å². The molecule has 3 N–H and O–H groups in total. The number of halogens is 2. The Bertz CT molecular complexity index is 595. The second-order valence-corrected chi connectivity index (χ2v) is 8.78. The highest BCUT2D eigenvalue weighted by Gasteiger charge is 2.24. The lowest BCUT2D eigenvalue weighted by Crippen LogP contribution is -2.34. The fourth-order valence-electron chi connectivity index (χ4n) is 2.30. The Kier molecular flexibility index (Phi) is 6.53. The summed E-state index contributed by atoms with van der Waals surface area (Å²) in [7, 11) is -3.66. The van der Waals surface area contributed by atoms with Gasteiger partial charge in [0, 0.05) is 17.3 Å². The maximum absolute atomic E-state index is 12.5. The van der Waals surface area contributed by atoms with Gasteiger partial charge in [-0.2, -0.15) is 0 Å². The van der Waals surface area contributed by atoms with Crippen molar-refractivity contribution in [1.82, 2.24) is 4.72 Å². The molecule has 0 saturated heterocycles. The summed E-state index contributed by atoms with van der Waals surface area (Å²) in [6, 6.07) is 2.90. The Morgan fingerprint density at radius 3 is 2.24 bits per heavy atom.